The lowest BCUT2D eigenvalue weighted by Crippen LogP contribution is -2.17. The first-order valence-electron chi connectivity index (χ1n) is 6.14. The van der Waals surface area contributed by atoms with E-state index in [-0.39, 0.29) is 11.3 Å². The van der Waals surface area contributed by atoms with Crippen molar-refractivity contribution >= 4 is 23.0 Å². The standard InChI is InChI=1S/C12H14N6O3/c1-2-17-7-8(6-14-17)15-12(19)10-5-9(18(20)21)3-4-11(10)16-13/h3-7,16H,2,13H2,1H3,(H,15,19). The van der Waals surface area contributed by atoms with Gasteiger partial charge in [-0.05, 0) is 13.0 Å². The average molecular weight is 290 g/mol. The van der Waals surface area contributed by atoms with Crippen molar-refractivity contribution in [2.75, 3.05) is 10.7 Å². The van der Waals surface area contributed by atoms with E-state index < -0.39 is 10.8 Å². The summed E-state index contributed by atoms with van der Waals surface area (Å²) in [5.41, 5.74) is 3.02. The minimum Gasteiger partial charge on any atom is -0.323 e. The number of carbonyl (C=O) groups is 1. The number of non-ortho nitro benzene ring substituents is 1. The van der Waals surface area contributed by atoms with Crippen molar-refractivity contribution in [3.8, 4) is 0 Å². The zero-order valence-electron chi connectivity index (χ0n) is 11.2. The van der Waals surface area contributed by atoms with Gasteiger partial charge in [-0.15, -0.1) is 0 Å². The van der Waals surface area contributed by atoms with Crippen molar-refractivity contribution in [1.82, 2.24) is 9.78 Å². The van der Waals surface area contributed by atoms with E-state index in [2.05, 4.69) is 15.8 Å². The van der Waals surface area contributed by atoms with Crippen LogP contribution in [-0.4, -0.2) is 20.6 Å². The maximum Gasteiger partial charge on any atom is 0.270 e. The first kappa shape index (κ1) is 14.5. The smallest absolute Gasteiger partial charge is 0.270 e. The highest BCUT2D eigenvalue weighted by atomic mass is 16.6. The van der Waals surface area contributed by atoms with E-state index in [9.17, 15) is 14.9 Å². The number of amides is 1. The zero-order chi connectivity index (χ0) is 15.4. The largest absolute Gasteiger partial charge is 0.323 e. The zero-order valence-corrected chi connectivity index (χ0v) is 11.2. The molecule has 0 radical (unpaired) electrons. The van der Waals surface area contributed by atoms with Crippen molar-refractivity contribution in [2.24, 2.45) is 5.84 Å². The molecule has 1 amide bonds. The lowest BCUT2D eigenvalue weighted by atomic mass is 10.1. The van der Waals surface area contributed by atoms with Crippen LogP contribution in [0.15, 0.2) is 30.6 Å². The molecule has 1 aromatic carbocycles. The molecule has 9 nitrogen and oxygen atoms in total. The first-order valence-corrected chi connectivity index (χ1v) is 6.14. The minimum absolute atomic E-state index is 0.0796. The van der Waals surface area contributed by atoms with Crippen LogP contribution in [0, 0.1) is 10.1 Å². The summed E-state index contributed by atoms with van der Waals surface area (Å²) in [6.07, 6.45) is 3.15. The van der Waals surface area contributed by atoms with E-state index in [0.717, 1.165) is 6.07 Å². The first-order chi connectivity index (χ1) is 10.0. The number of aryl methyl sites for hydroxylation is 1. The van der Waals surface area contributed by atoms with Crippen LogP contribution in [0.25, 0.3) is 0 Å². The molecular formula is C12H14N6O3. The topological polar surface area (TPSA) is 128 Å². The maximum atomic E-state index is 12.2. The van der Waals surface area contributed by atoms with Crippen LogP contribution in [0.2, 0.25) is 0 Å². The van der Waals surface area contributed by atoms with E-state index in [1.165, 1.54) is 18.3 Å². The number of anilines is 2. The van der Waals surface area contributed by atoms with Crippen LogP contribution in [0.3, 0.4) is 0 Å². The second-order valence-corrected chi connectivity index (χ2v) is 4.17. The third-order valence-corrected chi connectivity index (χ3v) is 2.83. The predicted molar refractivity (Wildman–Crippen MR) is 76.8 cm³/mol. The number of nitrogens with zero attached hydrogens (tertiary/aromatic N) is 3. The fourth-order valence-corrected chi connectivity index (χ4v) is 1.76. The van der Waals surface area contributed by atoms with Gasteiger partial charge >= 0.3 is 0 Å². The predicted octanol–water partition coefficient (Wildman–Crippen LogP) is 1.35. The SMILES string of the molecule is CCn1cc(NC(=O)c2cc([N+](=O)[O-])ccc2NN)cn1. The van der Waals surface area contributed by atoms with E-state index in [1.54, 1.807) is 10.9 Å². The highest BCUT2D eigenvalue weighted by molar-refractivity contribution is 6.08. The maximum absolute atomic E-state index is 12.2. The van der Waals surface area contributed by atoms with Crippen molar-refractivity contribution in [3.63, 3.8) is 0 Å². The number of carbonyl (C=O) groups excluding carboxylic acids is 1. The molecule has 0 fully saturated rings. The Morgan fingerprint density at radius 3 is 2.86 bits per heavy atom. The van der Waals surface area contributed by atoms with Gasteiger partial charge in [-0.25, -0.2) is 0 Å². The summed E-state index contributed by atoms with van der Waals surface area (Å²) < 4.78 is 1.64. The molecule has 2 aromatic rings. The number of aromatic nitrogens is 2. The lowest BCUT2D eigenvalue weighted by Gasteiger charge is -2.08. The molecule has 1 aromatic heterocycles. The monoisotopic (exact) mass is 290 g/mol. The Morgan fingerprint density at radius 2 is 2.29 bits per heavy atom. The summed E-state index contributed by atoms with van der Waals surface area (Å²) in [5.74, 6) is 4.81. The number of hydrogen-bond acceptors (Lipinski definition) is 6. The molecule has 4 N–H and O–H groups in total. The number of nitrogen functional groups attached to an aromatic ring is 1. The molecule has 0 spiro atoms. The lowest BCUT2D eigenvalue weighted by molar-refractivity contribution is -0.384. The number of nitro benzene ring substituents is 1. The van der Waals surface area contributed by atoms with Crippen molar-refractivity contribution in [2.45, 2.75) is 13.5 Å². The molecule has 0 atom stereocenters. The number of benzene rings is 1. The molecule has 21 heavy (non-hydrogen) atoms. The normalized spacial score (nSPS) is 10.2. The summed E-state index contributed by atoms with van der Waals surface area (Å²) in [5, 5.41) is 17.4. The third kappa shape index (κ3) is 3.15. The Bertz CT molecular complexity index is 681. The van der Waals surface area contributed by atoms with E-state index in [1.807, 2.05) is 6.92 Å². The highest BCUT2D eigenvalue weighted by Gasteiger charge is 2.17. The van der Waals surface area contributed by atoms with Gasteiger partial charge in [0, 0.05) is 24.9 Å². The van der Waals surface area contributed by atoms with Gasteiger partial charge in [0.1, 0.15) is 0 Å². The van der Waals surface area contributed by atoms with Crippen LogP contribution >= 0.6 is 0 Å². The van der Waals surface area contributed by atoms with Crippen LogP contribution in [0.1, 0.15) is 17.3 Å². The quantitative estimate of drug-likeness (QED) is 0.433. The van der Waals surface area contributed by atoms with Crippen molar-refractivity contribution in [1.29, 1.82) is 0 Å². The van der Waals surface area contributed by atoms with Gasteiger partial charge in [0.25, 0.3) is 11.6 Å². The van der Waals surface area contributed by atoms with Crippen LogP contribution in [0.4, 0.5) is 17.1 Å². The van der Waals surface area contributed by atoms with Gasteiger partial charge in [-0.2, -0.15) is 5.10 Å². The number of hydrogen-bond donors (Lipinski definition) is 3. The molecular weight excluding hydrogens is 276 g/mol. The van der Waals surface area contributed by atoms with Crippen LogP contribution < -0.4 is 16.6 Å². The average Bonchev–Trinajstić information content (AvgIpc) is 2.94. The molecule has 1 heterocycles. The molecule has 2 rings (SSSR count). The van der Waals surface area contributed by atoms with Gasteiger partial charge in [0.05, 0.1) is 28.1 Å². The molecule has 0 aliphatic carbocycles. The highest BCUT2D eigenvalue weighted by Crippen LogP contribution is 2.22. The van der Waals surface area contributed by atoms with Gasteiger partial charge in [-0.1, -0.05) is 0 Å². The van der Waals surface area contributed by atoms with E-state index >= 15 is 0 Å². The Kier molecular flexibility index (Phi) is 4.14. The van der Waals surface area contributed by atoms with E-state index in [0.29, 0.717) is 17.9 Å². The summed E-state index contributed by atoms with van der Waals surface area (Å²) >= 11 is 0. The van der Waals surface area contributed by atoms with Gasteiger partial charge < -0.3 is 10.7 Å². The number of rotatable bonds is 5. The second kappa shape index (κ2) is 6.01. The fraction of sp³-hybridized carbons (Fsp3) is 0.167. The summed E-state index contributed by atoms with van der Waals surface area (Å²) in [6, 6.07) is 3.80. The number of hydrazine groups is 1. The van der Waals surface area contributed by atoms with Crippen molar-refractivity contribution in [3.05, 3.63) is 46.3 Å². The molecule has 110 valence electrons. The Labute approximate surface area is 119 Å². The minimum atomic E-state index is -0.577. The van der Waals surface area contributed by atoms with Gasteiger partial charge in [-0.3, -0.25) is 25.4 Å². The van der Waals surface area contributed by atoms with Crippen LogP contribution in [0.5, 0.6) is 0 Å². The molecule has 0 saturated heterocycles. The fourth-order valence-electron chi connectivity index (χ4n) is 1.76. The second-order valence-electron chi connectivity index (χ2n) is 4.17. The van der Waals surface area contributed by atoms with Gasteiger partial charge in [0.15, 0.2) is 0 Å². The Morgan fingerprint density at radius 1 is 1.52 bits per heavy atom. The molecule has 0 aliphatic heterocycles. The molecule has 0 bridgehead atoms. The third-order valence-electron chi connectivity index (χ3n) is 2.83. The van der Waals surface area contributed by atoms with E-state index in [4.69, 9.17) is 5.84 Å². The Balaban J connectivity index is 2.28. The Hall–Kier alpha value is -2.94. The number of nitrogens with two attached hydrogens (primary N) is 1. The van der Waals surface area contributed by atoms with Gasteiger partial charge in [0.2, 0.25) is 0 Å². The molecule has 0 unspecified atom stereocenters. The van der Waals surface area contributed by atoms with Crippen LogP contribution in [-0.2, 0) is 6.54 Å². The summed E-state index contributed by atoms with van der Waals surface area (Å²) in [4.78, 5) is 22.4. The molecule has 0 saturated carbocycles. The van der Waals surface area contributed by atoms with Crippen molar-refractivity contribution < 1.29 is 9.72 Å². The summed E-state index contributed by atoms with van der Waals surface area (Å²) in [7, 11) is 0. The summed E-state index contributed by atoms with van der Waals surface area (Å²) in [6.45, 7) is 2.58. The number of nitro groups is 1. The molecule has 9 heteroatoms. The molecule has 0 aliphatic rings. The number of nitrogens with one attached hydrogen (secondary N) is 2.